The molecule has 1 aromatic heterocycles. The Morgan fingerprint density at radius 3 is 2.57 bits per heavy atom. The molecule has 0 radical (unpaired) electrons. The van der Waals surface area contributed by atoms with Crippen molar-refractivity contribution in [3.05, 3.63) is 52.0 Å². The molecule has 0 bridgehead atoms. The van der Waals surface area contributed by atoms with Crippen LogP contribution in [0.15, 0.2) is 45.7 Å². The van der Waals surface area contributed by atoms with Crippen LogP contribution in [0.2, 0.25) is 0 Å². The fourth-order valence-electron chi connectivity index (χ4n) is 5.83. The largest absolute Gasteiger partial charge is 0.474 e. The van der Waals surface area contributed by atoms with Crippen molar-refractivity contribution in [2.24, 2.45) is 21.6 Å². The van der Waals surface area contributed by atoms with E-state index in [2.05, 4.69) is 39.4 Å². The number of nitrogens with two attached hydrogens (primary N) is 1. The first-order valence-corrected chi connectivity index (χ1v) is 18.0. The van der Waals surface area contributed by atoms with Crippen molar-refractivity contribution in [1.29, 1.82) is 0 Å². The van der Waals surface area contributed by atoms with Crippen molar-refractivity contribution >= 4 is 57.7 Å². The molecule has 7 atom stereocenters. The van der Waals surface area contributed by atoms with Crippen LogP contribution in [0.25, 0.3) is 0 Å². The molecule has 0 saturated carbocycles. The van der Waals surface area contributed by atoms with Crippen LogP contribution in [0.1, 0.15) is 80.5 Å². The third-order valence-electron chi connectivity index (χ3n) is 8.73. The lowest BCUT2D eigenvalue weighted by molar-refractivity contribution is -0.133. The topological polar surface area (TPSA) is 168 Å². The number of rotatable bonds is 13. The van der Waals surface area contributed by atoms with Crippen molar-refractivity contribution in [1.82, 2.24) is 20.5 Å². The number of thiazole rings is 1. The van der Waals surface area contributed by atoms with Crippen molar-refractivity contribution in [3.63, 3.8) is 0 Å². The average molecular weight is 682 g/mol. The molecule has 3 aliphatic heterocycles. The summed E-state index contributed by atoms with van der Waals surface area (Å²) in [5.41, 5.74) is 6.55. The number of hydrogen-bond acceptors (Lipinski definition) is 10. The highest BCUT2D eigenvalue weighted by Gasteiger charge is 2.42. The number of thioether (sulfide) groups is 1. The molecular weight excluding hydrogens is 639 g/mol. The number of nitrogens with one attached hydrogen (secondary N) is 2. The van der Waals surface area contributed by atoms with Gasteiger partial charge in [0.15, 0.2) is 6.04 Å². The summed E-state index contributed by atoms with van der Waals surface area (Å²) in [7, 11) is 0. The molecule has 14 heteroatoms. The van der Waals surface area contributed by atoms with Gasteiger partial charge in [0.25, 0.3) is 5.91 Å². The Bertz CT molecular complexity index is 1530. The molecular formula is C33H43N7O5S2. The molecule has 4 heterocycles. The van der Waals surface area contributed by atoms with Gasteiger partial charge in [0, 0.05) is 24.1 Å². The fourth-order valence-corrected chi connectivity index (χ4v) is 7.82. The number of aromatic nitrogens is 1. The van der Waals surface area contributed by atoms with Gasteiger partial charge in [0.2, 0.25) is 23.6 Å². The third kappa shape index (κ3) is 8.39. The maximum atomic E-state index is 14.1. The van der Waals surface area contributed by atoms with Crippen molar-refractivity contribution in [2.45, 2.75) is 96.1 Å². The van der Waals surface area contributed by atoms with Gasteiger partial charge in [0.1, 0.15) is 34.9 Å². The van der Waals surface area contributed by atoms with Crippen molar-refractivity contribution in [2.75, 3.05) is 12.3 Å². The van der Waals surface area contributed by atoms with E-state index >= 15 is 0 Å². The Labute approximate surface area is 283 Å². The number of amides is 4. The van der Waals surface area contributed by atoms with E-state index in [1.807, 2.05) is 37.3 Å². The second-order valence-electron chi connectivity index (χ2n) is 12.4. The van der Waals surface area contributed by atoms with Gasteiger partial charge in [0.05, 0.1) is 11.1 Å². The maximum Gasteiger partial charge on any atom is 0.271 e. The summed E-state index contributed by atoms with van der Waals surface area (Å²) in [5.74, 6) is -0.0286. The number of benzene rings is 1. The number of aliphatic imine (C=N–C) groups is 2. The summed E-state index contributed by atoms with van der Waals surface area (Å²) in [4.78, 5) is 67.7. The number of primary amides is 1. The van der Waals surface area contributed by atoms with E-state index in [4.69, 9.17) is 10.5 Å². The molecule has 5 rings (SSSR count). The molecule has 252 valence electrons. The van der Waals surface area contributed by atoms with Gasteiger partial charge in [-0.25, -0.2) is 9.98 Å². The van der Waals surface area contributed by atoms with E-state index in [0.29, 0.717) is 35.5 Å². The Balaban J connectivity index is 1.26. The molecule has 1 fully saturated rings. The zero-order valence-corrected chi connectivity index (χ0v) is 28.8. The predicted octanol–water partition coefficient (Wildman–Crippen LogP) is 3.27. The molecule has 12 nitrogen and oxygen atoms in total. The molecule has 1 aromatic carbocycles. The van der Waals surface area contributed by atoms with E-state index in [1.54, 1.807) is 29.0 Å². The highest BCUT2D eigenvalue weighted by molar-refractivity contribution is 8.14. The van der Waals surface area contributed by atoms with Crippen molar-refractivity contribution in [3.8, 4) is 0 Å². The predicted molar refractivity (Wildman–Crippen MR) is 184 cm³/mol. The molecule has 3 unspecified atom stereocenters. The summed E-state index contributed by atoms with van der Waals surface area (Å²) in [6.45, 7) is 8.35. The van der Waals surface area contributed by atoms with Crippen LogP contribution in [0, 0.1) is 5.92 Å². The standard InChI is InChI=1S/C33H43N7O5S2/c1-5-18(2)14-26-36-23(16-46-26)29(42)35-19(3)32-38-24(17-47-32)30(43)37-22(15-21-10-7-6-8-11-21)33(44)40-13-9-12-25(40)31-39-27(28(34)41)20(4)45-31/h6-8,10-11,17-20,22-23,25,27H,5,9,12-16H2,1-4H3,(H2,34,41)(H,35,42)(H,37,43)/t18-,19?,20+,22?,23?,25-,27-/m0/s1. The van der Waals surface area contributed by atoms with Crippen LogP contribution in [0.4, 0.5) is 0 Å². The fraction of sp³-hybridized carbons (Fsp3) is 0.545. The van der Waals surface area contributed by atoms with Crippen LogP contribution in [0.3, 0.4) is 0 Å². The van der Waals surface area contributed by atoms with Gasteiger partial charge in [-0.1, -0.05) is 50.6 Å². The summed E-state index contributed by atoms with van der Waals surface area (Å²) < 4.78 is 5.88. The summed E-state index contributed by atoms with van der Waals surface area (Å²) in [5, 5.41) is 9.15. The highest BCUT2D eigenvalue weighted by Crippen LogP contribution is 2.27. The zero-order valence-electron chi connectivity index (χ0n) is 27.2. The van der Waals surface area contributed by atoms with Gasteiger partial charge in [-0.15, -0.1) is 23.1 Å². The molecule has 2 aromatic rings. The Hall–Kier alpha value is -3.78. The quantitative estimate of drug-likeness (QED) is 0.292. The van der Waals surface area contributed by atoms with Crippen LogP contribution in [-0.2, 0) is 25.5 Å². The zero-order chi connectivity index (χ0) is 33.7. The SMILES string of the molecule is CC[C@H](C)CC1=NC(C(=O)NC(C)c2nc(C(=O)NC(Cc3ccccc3)C(=O)N3CCC[C@H]3C3=N[C@H](C(N)=O)[C@@H](C)O3)cs2)CS1. The Kier molecular flexibility index (Phi) is 11.3. The number of likely N-dealkylation sites (tertiary alicyclic amines) is 1. The second-order valence-corrected chi connectivity index (χ2v) is 14.4. The molecule has 1 saturated heterocycles. The third-order valence-corrected chi connectivity index (χ3v) is 10.8. The second kappa shape index (κ2) is 15.4. The molecule has 0 aliphatic carbocycles. The number of carbonyl (C=O) groups is 4. The van der Waals surface area contributed by atoms with Gasteiger partial charge in [-0.05, 0) is 44.6 Å². The normalized spacial score (nSPS) is 24.1. The lowest BCUT2D eigenvalue weighted by atomic mass is 10.0. The number of hydrogen-bond donors (Lipinski definition) is 3. The van der Waals surface area contributed by atoms with Gasteiger partial charge in [-0.3, -0.25) is 24.2 Å². The first kappa shape index (κ1) is 34.6. The summed E-state index contributed by atoms with van der Waals surface area (Å²) >= 11 is 2.91. The average Bonchev–Trinajstić information content (AvgIpc) is 3.87. The van der Waals surface area contributed by atoms with E-state index in [0.717, 1.165) is 29.9 Å². The monoisotopic (exact) mass is 681 g/mol. The van der Waals surface area contributed by atoms with Gasteiger partial charge >= 0.3 is 0 Å². The van der Waals surface area contributed by atoms with Crippen LogP contribution < -0.4 is 16.4 Å². The first-order valence-electron chi connectivity index (χ1n) is 16.2. The number of nitrogens with zero attached hydrogens (tertiary/aromatic N) is 4. The maximum absolute atomic E-state index is 14.1. The van der Waals surface area contributed by atoms with E-state index in [1.165, 1.54) is 11.3 Å². The number of ether oxygens (including phenoxy) is 1. The Morgan fingerprint density at radius 2 is 1.87 bits per heavy atom. The smallest absolute Gasteiger partial charge is 0.271 e. The highest BCUT2D eigenvalue weighted by atomic mass is 32.2. The molecule has 4 amide bonds. The lowest BCUT2D eigenvalue weighted by Gasteiger charge is -2.29. The van der Waals surface area contributed by atoms with E-state index in [-0.39, 0.29) is 23.9 Å². The minimum absolute atomic E-state index is 0.161. The van der Waals surface area contributed by atoms with E-state index < -0.39 is 48.1 Å². The minimum Gasteiger partial charge on any atom is -0.474 e. The molecule has 47 heavy (non-hydrogen) atoms. The van der Waals surface area contributed by atoms with Crippen LogP contribution in [-0.4, -0.2) is 87.0 Å². The van der Waals surface area contributed by atoms with Gasteiger partial charge < -0.3 is 26.0 Å². The molecule has 4 N–H and O–H groups in total. The number of carbonyl (C=O) groups excluding carboxylic acids is 4. The van der Waals surface area contributed by atoms with Crippen LogP contribution >= 0.6 is 23.1 Å². The minimum atomic E-state index is -0.888. The van der Waals surface area contributed by atoms with Crippen molar-refractivity contribution < 1.29 is 23.9 Å². The molecule has 0 spiro atoms. The Morgan fingerprint density at radius 1 is 1.11 bits per heavy atom. The summed E-state index contributed by atoms with van der Waals surface area (Å²) in [6.07, 6.45) is 3.06. The first-order chi connectivity index (χ1) is 22.5. The summed E-state index contributed by atoms with van der Waals surface area (Å²) in [6, 6.07) is 6.48. The molecule has 3 aliphatic rings. The van der Waals surface area contributed by atoms with E-state index in [9.17, 15) is 19.2 Å². The van der Waals surface area contributed by atoms with Crippen LogP contribution in [0.5, 0.6) is 0 Å². The lowest BCUT2D eigenvalue weighted by Crippen LogP contribution is -2.52. The van der Waals surface area contributed by atoms with Gasteiger partial charge in [-0.2, -0.15) is 0 Å².